The SMILES string of the molecule is O=C(Nc1cccnc1OCC(F)F)c1cccn1C1CC1. The Kier molecular flexibility index (Phi) is 4.04. The van der Waals surface area contributed by atoms with Crippen LogP contribution in [0.3, 0.4) is 0 Å². The Hall–Kier alpha value is -2.44. The van der Waals surface area contributed by atoms with E-state index < -0.39 is 13.0 Å². The van der Waals surface area contributed by atoms with E-state index in [1.54, 1.807) is 18.2 Å². The first-order valence-corrected chi connectivity index (χ1v) is 6.99. The smallest absolute Gasteiger partial charge is 0.272 e. The minimum Gasteiger partial charge on any atom is -0.470 e. The molecule has 0 spiro atoms. The van der Waals surface area contributed by atoms with Crippen LogP contribution in [0.4, 0.5) is 14.5 Å². The Morgan fingerprint density at radius 1 is 1.41 bits per heavy atom. The van der Waals surface area contributed by atoms with Crippen LogP contribution >= 0.6 is 0 Å². The summed E-state index contributed by atoms with van der Waals surface area (Å²) in [6.07, 6.45) is 2.81. The van der Waals surface area contributed by atoms with E-state index in [4.69, 9.17) is 4.74 Å². The molecule has 3 rings (SSSR count). The van der Waals surface area contributed by atoms with E-state index in [1.165, 1.54) is 6.20 Å². The lowest BCUT2D eigenvalue weighted by molar-refractivity contribution is 0.0799. The Balaban J connectivity index is 1.74. The molecule has 2 aromatic rings. The summed E-state index contributed by atoms with van der Waals surface area (Å²) in [4.78, 5) is 16.2. The average Bonchev–Trinajstić information content (AvgIpc) is 3.23. The first-order chi connectivity index (χ1) is 10.6. The normalized spacial score (nSPS) is 14.1. The standard InChI is InChI=1S/C15H15F2N3O2/c16-13(17)9-22-15-11(3-1-7-18-15)19-14(21)12-4-2-8-20(12)10-5-6-10/h1-4,7-8,10,13H,5-6,9H2,(H,19,21). The van der Waals surface area contributed by atoms with Crippen molar-refractivity contribution < 1.29 is 18.3 Å². The van der Waals surface area contributed by atoms with Gasteiger partial charge < -0.3 is 14.6 Å². The number of ether oxygens (including phenoxy) is 1. The molecule has 0 aromatic carbocycles. The third kappa shape index (κ3) is 3.24. The van der Waals surface area contributed by atoms with Crippen molar-refractivity contribution in [1.82, 2.24) is 9.55 Å². The van der Waals surface area contributed by atoms with E-state index in [2.05, 4.69) is 10.3 Å². The maximum Gasteiger partial charge on any atom is 0.272 e. The molecule has 0 unspecified atom stereocenters. The maximum atomic E-state index is 12.4. The molecule has 22 heavy (non-hydrogen) atoms. The minimum absolute atomic E-state index is 0.0133. The summed E-state index contributed by atoms with van der Waals surface area (Å²) in [5.74, 6) is -0.326. The molecule has 1 fully saturated rings. The fourth-order valence-corrected chi connectivity index (χ4v) is 2.19. The molecule has 0 saturated heterocycles. The van der Waals surface area contributed by atoms with Gasteiger partial charge in [-0.1, -0.05) is 0 Å². The van der Waals surface area contributed by atoms with Crippen LogP contribution in [-0.2, 0) is 0 Å². The van der Waals surface area contributed by atoms with Crippen LogP contribution in [0.1, 0.15) is 29.4 Å². The number of aromatic nitrogens is 2. The van der Waals surface area contributed by atoms with Crippen LogP contribution in [0.5, 0.6) is 5.88 Å². The Bertz CT molecular complexity index is 668. The van der Waals surface area contributed by atoms with Gasteiger partial charge in [0.05, 0.1) is 0 Å². The summed E-state index contributed by atoms with van der Waals surface area (Å²) in [6, 6.07) is 7.08. The van der Waals surface area contributed by atoms with E-state index in [1.807, 2.05) is 16.8 Å². The second-order valence-corrected chi connectivity index (χ2v) is 5.04. The molecule has 7 heteroatoms. The van der Waals surface area contributed by atoms with E-state index in [9.17, 15) is 13.6 Å². The summed E-state index contributed by atoms with van der Waals surface area (Å²) >= 11 is 0. The van der Waals surface area contributed by atoms with Gasteiger partial charge in [-0.2, -0.15) is 0 Å². The van der Waals surface area contributed by atoms with Gasteiger partial charge in [-0.05, 0) is 37.1 Å². The molecular formula is C15H15F2N3O2. The van der Waals surface area contributed by atoms with Gasteiger partial charge in [0.2, 0.25) is 5.88 Å². The van der Waals surface area contributed by atoms with Crippen LogP contribution < -0.4 is 10.1 Å². The lowest BCUT2D eigenvalue weighted by Crippen LogP contribution is -2.18. The van der Waals surface area contributed by atoms with Crippen molar-refractivity contribution in [3.05, 3.63) is 42.4 Å². The summed E-state index contributed by atoms with van der Waals surface area (Å²) in [7, 11) is 0. The quantitative estimate of drug-likeness (QED) is 0.892. The van der Waals surface area contributed by atoms with Gasteiger partial charge in [0.1, 0.15) is 11.4 Å². The van der Waals surface area contributed by atoms with Crippen LogP contribution in [0.15, 0.2) is 36.7 Å². The highest BCUT2D eigenvalue weighted by Crippen LogP contribution is 2.36. The number of anilines is 1. The molecule has 0 aliphatic heterocycles. The zero-order valence-corrected chi connectivity index (χ0v) is 11.7. The fourth-order valence-electron chi connectivity index (χ4n) is 2.19. The summed E-state index contributed by atoms with van der Waals surface area (Å²) in [5.41, 5.74) is 0.808. The number of alkyl halides is 2. The Morgan fingerprint density at radius 3 is 2.95 bits per heavy atom. The number of carbonyl (C=O) groups excluding carboxylic acids is 1. The number of nitrogens with zero attached hydrogens (tertiary/aromatic N) is 2. The molecule has 1 N–H and O–H groups in total. The van der Waals surface area contributed by atoms with Crippen molar-refractivity contribution in [2.45, 2.75) is 25.3 Å². The molecular weight excluding hydrogens is 292 g/mol. The van der Waals surface area contributed by atoms with Gasteiger partial charge in [-0.15, -0.1) is 0 Å². The van der Waals surface area contributed by atoms with Gasteiger partial charge in [-0.3, -0.25) is 4.79 Å². The number of nitrogens with one attached hydrogen (secondary N) is 1. The van der Waals surface area contributed by atoms with E-state index in [0.29, 0.717) is 11.7 Å². The molecule has 0 atom stereocenters. The molecule has 1 amide bonds. The van der Waals surface area contributed by atoms with Gasteiger partial charge in [0.25, 0.3) is 12.3 Å². The number of halogens is 2. The van der Waals surface area contributed by atoms with Crippen LogP contribution in [0.25, 0.3) is 0 Å². The summed E-state index contributed by atoms with van der Waals surface area (Å²) in [5, 5.41) is 2.67. The largest absolute Gasteiger partial charge is 0.470 e. The number of rotatable bonds is 6. The van der Waals surface area contributed by atoms with Gasteiger partial charge >= 0.3 is 0 Å². The van der Waals surface area contributed by atoms with E-state index >= 15 is 0 Å². The molecule has 116 valence electrons. The number of carbonyl (C=O) groups is 1. The van der Waals surface area contributed by atoms with Crippen LogP contribution in [0, 0.1) is 0 Å². The Labute approximate surface area is 125 Å². The topological polar surface area (TPSA) is 56.1 Å². The molecule has 1 saturated carbocycles. The van der Waals surface area contributed by atoms with Crippen molar-refractivity contribution in [2.24, 2.45) is 0 Å². The Morgan fingerprint density at radius 2 is 2.23 bits per heavy atom. The van der Waals surface area contributed by atoms with Crippen molar-refractivity contribution in [3.63, 3.8) is 0 Å². The van der Waals surface area contributed by atoms with E-state index in [-0.39, 0.29) is 17.5 Å². The van der Waals surface area contributed by atoms with Crippen molar-refractivity contribution >= 4 is 11.6 Å². The average molecular weight is 307 g/mol. The molecule has 0 radical (unpaired) electrons. The molecule has 0 bridgehead atoms. The number of hydrogen-bond acceptors (Lipinski definition) is 3. The molecule has 1 aliphatic carbocycles. The first kappa shape index (κ1) is 14.5. The third-order valence-corrected chi connectivity index (χ3v) is 3.32. The van der Waals surface area contributed by atoms with Gasteiger partial charge in [-0.25, -0.2) is 13.8 Å². The number of pyridine rings is 1. The first-order valence-electron chi connectivity index (χ1n) is 6.99. The van der Waals surface area contributed by atoms with Gasteiger partial charge in [0.15, 0.2) is 6.61 Å². The highest BCUT2D eigenvalue weighted by molar-refractivity contribution is 6.03. The second-order valence-electron chi connectivity index (χ2n) is 5.04. The van der Waals surface area contributed by atoms with Crippen LogP contribution in [0.2, 0.25) is 0 Å². The second kappa shape index (κ2) is 6.13. The highest BCUT2D eigenvalue weighted by atomic mass is 19.3. The van der Waals surface area contributed by atoms with E-state index in [0.717, 1.165) is 12.8 Å². The lowest BCUT2D eigenvalue weighted by Gasteiger charge is -2.12. The third-order valence-electron chi connectivity index (χ3n) is 3.32. The number of amides is 1. The van der Waals surface area contributed by atoms with Crippen molar-refractivity contribution in [2.75, 3.05) is 11.9 Å². The monoisotopic (exact) mass is 307 g/mol. The highest BCUT2D eigenvalue weighted by Gasteiger charge is 2.27. The molecule has 5 nitrogen and oxygen atoms in total. The fraction of sp³-hybridized carbons (Fsp3) is 0.333. The van der Waals surface area contributed by atoms with Gasteiger partial charge in [0, 0.05) is 18.4 Å². The molecule has 1 aliphatic rings. The summed E-state index contributed by atoms with van der Waals surface area (Å²) < 4.78 is 31.3. The molecule has 2 heterocycles. The maximum absolute atomic E-state index is 12.4. The van der Waals surface area contributed by atoms with Crippen molar-refractivity contribution in [1.29, 1.82) is 0 Å². The van der Waals surface area contributed by atoms with Crippen LogP contribution in [-0.4, -0.2) is 28.5 Å². The van der Waals surface area contributed by atoms with Crippen molar-refractivity contribution in [3.8, 4) is 5.88 Å². The molecule has 2 aromatic heterocycles. The minimum atomic E-state index is -2.60. The summed E-state index contributed by atoms with van der Waals surface area (Å²) in [6.45, 7) is -0.766. The zero-order valence-electron chi connectivity index (χ0n) is 11.7. The number of hydrogen-bond donors (Lipinski definition) is 1. The predicted octanol–water partition coefficient (Wildman–Crippen LogP) is 3.11. The zero-order chi connectivity index (χ0) is 15.5. The predicted molar refractivity (Wildman–Crippen MR) is 76.4 cm³/mol. The lowest BCUT2D eigenvalue weighted by atomic mass is 10.3.